The first-order chi connectivity index (χ1) is 14.2. The first-order valence-electron chi connectivity index (χ1n) is 11.4. The zero-order valence-electron chi connectivity index (χ0n) is 17.9. The van der Waals surface area contributed by atoms with Crippen LogP contribution in [0, 0.1) is 0 Å². The molecule has 0 radical (unpaired) electrons. The molecule has 2 atom stereocenters. The molecule has 29 heavy (non-hydrogen) atoms. The fourth-order valence-corrected chi connectivity index (χ4v) is 4.50. The molecular formula is C26H37NO2. The predicted molar refractivity (Wildman–Crippen MR) is 120 cm³/mol. The molecule has 1 heterocycles. The van der Waals surface area contributed by atoms with Crippen molar-refractivity contribution in [3.63, 3.8) is 0 Å². The highest BCUT2D eigenvalue weighted by Crippen LogP contribution is 2.42. The van der Waals surface area contributed by atoms with Gasteiger partial charge < -0.3 is 9.84 Å². The number of aliphatic hydroxyl groups is 1. The first kappa shape index (κ1) is 22.0. The average Bonchev–Trinajstić information content (AvgIpc) is 2.79. The Labute approximate surface area is 176 Å². The van der Waals surface area contributed by atoms with Gasteiger partial charge in [-0.2, -0.15) is 0 Å². The topological polar surface area (TPSA) is 32.7 Å². The normalized spacial score (nSPS) is 18.3. The van der Waals surface area contributed by atoms with E-state index in [1.54, 1.807) is 0 Å². The number of nitrogens with zero attached hydrogens (tertiary/aromatic N) is 1. The summed E-state index contributed by atoms with van der Waals surface area (Å²) in [5.74, 6) is 0.0374. The Hall–Kier alpha value is -1.68. The molecular weight excluding hydrogens is 358 g/mol. The van der Waals surface area contributed by atoms with E-state index in [0.717, 1.165) is 51.3 Å². The highest BCUT2D eigenvalue weighted by molar-refractivity contribution is 5.31. The number of morpholine rings is 1. The van der Waals surface area contributed by atoms with Crippen LogP contribution in [0.2, 0.25) is 0 Å². The summed E-state index contributed by atoms with van der Waals surface area (Å²) in [6.07, 6.45) is 6.80. The quantitative estimate of drug-likeness (QED) is 0.521. The predicted octanol–water partition coefficient (Wildman–Crippen LogP) is 5.35. The maximum absolute atomic E-state index is 12.2. The number of rotatable bonds is 11. The van der Waals surface area contributed by atoms with Gasteiger partial charge in [-0.1, -0.05) is 99.7 Å². The van der Waals surface area contributed by atoms with Crippen LogP contribution in [0.5, 0.6) is 0 Å². The van der Waals surface area contributed by atoms with Gasteiger partial charge in [0.1, 0.15) is 0 Å². The summed E-state index contributed by atoms with van der Waals surface area (Å²) in [6.45, 7) is 6.53. The number of hydrogen-bond donors (Lipinski definition) is 1. The first-order valence-corrected chi connectivity index (χ1v) is 11.4. The molecule has 3 rings (SSSR count). The molecule has 0 bridgehead atoms. The second-order valence-electron chi connectivity index (χ2n) is 8.33. The molecule has 1 aliphatic rings. The van der Waals surface area contributed by atoms with Crippen molar-refractivity contribution < 1.29 is 9.84 Å². The summed E-state index contributed by atoms with van der Waals surface area (Å²) in [7, 11) is 0. The molecule has 0 spiro atoms. The summed E-state index contributed by atoms with van der Waals surface area (Å²) in [5.41, 5.74) is 1.39. The maximum Gasteiger partial charge on any atom is 0.0977 e. The van der Waals surface area contributed by atoms with Gasteiger partial charge in [0.2, 0.25) is 0 Å². The van der Waals surface area contributed by atoms with E-state index in [2.05, 4.69) is 54.3 Å². The lowest BCUT2D eigenvalue weighted by molar-refractivity contribution is -0.0296. The molecule has 1 aliphatic heterocycles. The molecule has 2 aromatic rings. The van der Waals surface area contributed by atoms with Crippen molar-refractivity contribution >= 4 is 0 Å². The average molecular weight is 396 g/mol. The van der Waals surface area contributed by atoms with Gasteiger partial charge in [-0.05, 0) is 17.5 Å². The fourth-order valence-electron chi connectivity index (χ4n) is 4.50. The second kappa shape index (κ2) is 11.5. The summed E-state index contributed by atoms with van der Waals surface area (Å²) in [4.78, 5) is 2.45. The van der Waals surface area contributed by atoms with Crippen LogP contribution in [-0.2, 0) is 10.3 Å². The van der Waals surface area contributed by atoms with Crippen LogP contribution in [0.1, 0.15) is 62.5 Å². The minimum Gasteiger partial charge on any atom is -0.384 e. The van der Waals surface area contributed by atoms with Crippen molar-refractivity contribution in [1.29, 1.82) is 0 Å². The van der Waals surface area contributed by atoms with Crippen molar-refractivity contribution in [2.45, 2.75) is 57.0 Å². The van der Waals surface area contributed by atoms with E-state index in [1.165, 1.54) is 31.2 Å². The molecule has 158 valence electrons. The molecule has 1 saturated heterocycles. The van der Waals surface area contributed by atoms with E-state index in [-0.39, 0.29) is 5.92 Å². The fraction of sp³-hybridized carbons (Fsp3) is 0.538. The van der Waals surface area contributed by atoms with E-state index >= 15 is 0 Å². The van der Waals surface area contributed by atoms with Crippen molar-refractivity contribution in [2.75, 3.05) is 32.8 Å². The van der Waals surface area contributed by atoms with Crippen LogP contribution < -0.4 is 0 Å². The third-order valence-corrected chi connectivity index (χ3v) is 6.26. The molecule has 0 saturated carbocycles. The van der Waals surface area contributed by atoms with Crippen LogP contribution in [0.4, 0.5) is 0 Å². The van der Waals surface area contributed by atoms with E-state index in [9.17, 15) is 5.11 Å². The number of unbranched alkanes of at least 4 members (excludes halogenated alkanes) is 4. The van der Waals surface area contributed by atoms with Gasteiger partial charge in [-0.15, -0.1) is 0 Å². The number of benzene rings is 2. The van der Waals surface area contributed by atoms with Gasteiger partial charge in [0.05, 0.1) is 18.8 Å². The zero-order chi connectivity index (χ0) is 20.4. The van der Waals surface area contributed by atoms with Gasteiger partial charge in [-0.25, -0.2) is 0 Å². The Balaban J connectivity index is 1.88. The van der Waals surface area contributed by atoms with Crippen molar-refractivity contribution in [3.8, 4) is 0 Å². The molecule has 1 N–H and O–H groups in total. The van der Waals surface area contributed by atoms with E-state index < -0.39 is 5.60 Å². The Morgan fingerprint density at radius 3 is 2.17 bits per heavy atom. The Morgan fingerprint density at radius 1 is 0.897 bits per heavy atom. The lowest BCUT2D eigenvalue weighted by Gasteiger charge is -2.41. The Bertz CT molecular complexity index is 684. The molecule has 3 nitrogen and oxygen atoms in total. The van der Waals surface area contributed by atoms with Gasteiger partial charge in [0, 0.05) is 25.6 Å². The molecule has 1 fully saturated rings. The third-order valence-electron chi connectivity index (χ3n) is 6.26. The molecule has 0 amide bonds. The summed E-state index contributed by atoms with van der Waals surface area (Å²) in [6, 6.07) is 20.9. The van der Waals surface area contributed by atoms with Crippen LogP contribution >= 0.6 is 0 Å². The highest BCUT2D eigenvalue weighted by Gasteiger charge is 2.39. The Morgan fingerprint density at radius 2 is 1.52 bits per heavy atom. The van der Waals surface area contributed by atoms with Crippen LogP contribution in [0.3, 0.4) is 0 Å². The van der Waals surface area contributed by atoms with E-state index in [4.69, 9.17) is 4.74 Å². The van der Waals surface area contributed by atoms with Crippen LogP contribution in [-0.4, -0.2) is 42.9 Å². The summed E-state index contributed by atoms with van der Waals surface area (Å²) in [5, 5.41) is 12.2. The lowest BCUT2D eigenvalue weighted by Crippen LogP contribution is -2.45. The molecule has 3 heteroatoms. The maximum atomic E-state index is 12.2. The van der Waals surface area contributed by atoms with Crippen LogP contribution in [0.25, 0.3) is 0 Å². The van der Waals surface area contributed by atoms with Gasteiger partial charge in [-0.3, -0.25) is 4.90 Å². The SMILES string of the molecule is CCCCCCC[C@](O)(c1ccccc1)[C@H](CN1CCOCC1)c1ccccc1. The van der Waals surface area contributed by atoms with Gasteiger partial charge in [0.15, 0.2) is 0 Å². The minimum atomic E-state index is -0.868. The standard InChI is InChI=1S/C26H37NO2/c1-2-3-4-5-12-17-26(28,24-15-10-7-11-16-24)25(23-13-8-6-9-14-23)22-27-18-20-29-21-19-27/h6-11,13-16,25,28H,2-5,12,17-22H2,1H3/t25-,26+/m1/s1. The van der Waals surface area contributed by atoms with Gasteiger partial charge in [0.25, 0.3) is 0 Å². The van der Waals surface area contributed by atoms with E-state index in [0.29, 0.717) is 0 Å². The molecule has 0 aliphatic carbocycles. The summed E-state index contributed by atoms with van der Waals surface area (Å²) >= 11 is 0. The third kappa shape index (κ3) is 6.15. The Kier molecular flexibility index (Phi) is 8.72. The van der Waals surface area contributed by atoms with Crippen molar-refractivity contribution in [1.82, 2.24) is 4.90 Å². The smallest absolute Gasteiger partial charge is 0.0977 e. The number of hydrogen-bond acceptors (Lipinski definition) is 3. The lowest BCUT2D eigenvalue weighted by atomic mass is 9.74. The highest BCUT2D eigenvalue weighted by atomic mass is 16.5. The van der Waals surface area contributed by atoms with E-state index in [1.807, 2.05) is 18.2 Å². The largest absolute Gasteiger partial charge is 0.384 e. The van der Waals surface area contributed by atoms with Crippen LogP contribution in [0.15, 0.2) is 60.7 Å². The molecule has 2 aromatic carbocycles. The van der Waals surface area contributed by atoms with Gasteiger partial charge >= 0.3 is 0 Å². The number of ether oxygens (including phenoxy) is 1. The monoisotopic (exact) mass is 395 g/mol. The minimum absolute atomic E-state index is 0.0374. The van der Waals surface area contributed by atoms with Crippen molar-refractivity contribution in [2.24, 2.45) is 0 Å². The molecule has 0 aromatic heterocycles. The molecule has 0 unspecified atom stereocenters. The second-order valence-corrected chi connectivity index (χ2v) is 8.33. The van der Waals surface area contributed by atoms with Crippen molar-refractivity contribution in [3.05, 3.63) is 71.8 Å². The zero-order valence-corrected chi connectivity index (χ0v) is 17.9. The summed E-state index contributed by atoms with van der Waals surface area (Å²) < 4.78 is 5.56.